The number of alkyl halides is 3. The van der Waals surface area contributed by atoms with Crippen molar-refractivity contribution in [3.05, 3.63) is 29.6 Å². The Hall–Kier alpha value is -1.30. The molecule has 2 nitrogen and oxygen atoms in total. The lowest BCUT2D eigenvalue weighted by Gasteiger charge is -2.34. The lowest BCUT2D eigenvalue weighted by atomic mass is 9.97. The normalized spacial score (nSPS) is 20.7. The zero-order chi connectivity index (χ0) is 14.0. The van der Waals surface area contributed by atoms with Crippen LogP contribution in [0, 0.1) is 11.7 Å². The minimum atomic E-state index is -4.51. The van der Waals surface area contributed by atoms with Gasteiger partial charge in [0.2, 0.25) is 0 Å². The van der Waals surface area contributed by atoms with Gasteiger partial charge in [-0.1, -0.05) is 0 Å². The minimum Gasteiger partial charge on any atom is -0.369 e. The Morgan fingerprint density at radius 3 is 2.63 bits per heavy atom. The van der Waals surface area contributed by atoms with E-state index in [-0.39, 0.29) is 11.6 Å². The Morgan fingerprint density at radius 1 is 1.32 bits per heavy atom. The highest BCUT2D eigenvalue weighted by molar-refractivity contribution is 5.50. The first-order valence-electron chi connectivity index (χ1n) is 6.23. The Balaban J connectivity index is 2.21. The lowest BCUT2D eigenvalue weighted by Crippen LogP contribution is -2.38. The first kappa shape index (κ1) is 14.1. The maximum atomic E-state index is 13.8. The number of piperidine rings is 1. The molecule has 0 saturated carbocycles. The summed E-state index contributed by atoms with van der Waals surface area (Å²) >= 11 is 0. The molecule has 0 radical (unpaired) electrons. The fraction of sp³-hybridized carbons (Fsp3) is 0.538. The van der Waals surface area contributed by atoms with Gasteiger partial charge in [-0.05, 0) is 43.5 Å². The number of hydrogen-bond acceptors (Lipinski definition) is 2. The van der Waals surface area contributed by atoms with Crippen molar-refractivity contribution in [2.45, 2.75) is 19.0 Å². The molecule has 0 aromatic heterocycles. The van der Waals surface area contributed by atoms with Crippen LogP contribution in [0.1, 0.15) is 18.4 Å². The van der Waals surface area contributed by atoms with Crippen molar-refractivity contribution in [1.82, 2.24) is 0 Å². The zero-order valence-electron chi connectivity index (χ0n) is 10.4. The Bertz CT molecular complexity index is 445. The van der Waals surface area contributed by atoms with Crippen LogP contribution in [0.5, 0.6) is 0 Å². The van der Waals surface area contributed by atoms with Crippen molar-refractivity contribution in [2.75, 3.05) is 24.5 Å². The number of rotatable bonds is 2. The summed E-state index contributed by atoms with van der Waals surface area (Å²) in [4.78, 5) is 1.77. The average molecular weight is 276 g/mol. The number of halogens is 4. The molecule has 0 aliphatic carbocycles. The fourth-order valence-electron chi connectivity index (χ4n) is 2.42. The van der Waals surface area contributed by atoms with Crippen molar-refractivity contribution in [2.24, 2.45) is 11.7 Å². The van der Waals surface area contributed by atoms with Gasteiger partial charge in [-0.2, -0.15) is 13.2 Å². The average Bonchev–Trinajstić information content (AvgIpc) is 2.37. The quantitative estimate of drug-likeness (QED) is 0.841. The first-order chi connectivity index (χ1) is 8.91. The van der Waals surface area contributed by atoms with Crippen LogP contribution in [0.3, 0.4) is 0 Å². The third-order valence-corrected chi connectivity index (χ3v) is 3.47. The second-order valence-corrected chi connectivity index (χ2v) is 4.85. The SMILES string of the molecule is NCC1CCCN(c2ccc(C(F)(F)F)cc2F)C1. The maximum Gasteiger partial charge on any atom is 0.416 e. The highest BCUT2D eigenvalue weighted by atomic mass is 19.4. The van der Waals surface area contributed by atoms with Gasteiger partial charge in [-0.3, -0.25) is 0 Å². The topological polar surface area (TPSA) is 29.3 Å². The van der Waals surface area contributed by atoms with E-state index in [2.05, 4.69) is 0 Å². The van der Waals surface area contributed by atoms with Crippen LogP contribution in [0.25, 0.3) is 0 Å². The largest absolute Gasteiger partial charge is 0.416 e. The number of hydrogen-bond donors (Lipinski definition) is 1. The number of anilines is 1. The molecule has 1 saturated heterocycles. The Kier molecular flexibility index (Phi) is 3.99. The van der Waals surface area contributed by atoms with Crippen LogP contribution < -0.4 is 10.6 Å². The van der Waals surface area contributed by atoms with E-state index in [0.29, 0.717) is 25.7 Å². The van der Waals surface area contributed by atoms with E-state index < -0.39 is 17.6 Å². The standard InChI is InChI=1S/C13H16F4N2/c14-11-6-10(13(15,16)17)3-4-12(11)19-5-1-2-9(7-18)8-19/h3-4,6,9H,1-2,5,7-8,18H2. The Labute approximate surface area is 109 Å². The summed E-state index contributed by atoms with van der Waals surface area (Å²) in [6, 6.07) is 2.68. The fourth-order valence-corrected chi connectivity index (χ4v) is 2.42. The highest BCUT2D eigenvalue weighted by Gasteiger charge is 2.32. The molecule has 2 rings (SSSR count). The van der Waals surface area contributed by atoms with Gasteiger partial charge in [0.05, 0.1) is 11.3 Å². The minimum absolute atomic E-state index is 0.228. The maximum absolute atomic E-state index is 13.8. The molecular formula is C13H16F4N2. The smallest absolute Gasteiger partial charge is 0.369 e. The molecule has 1 fully saturated rings. The van der Waals surface area contributed by atoms with Crippen molar-refractivity contribution in [1.29, 1.82) is 0 Å². The van der Waals surface area contributed by atoms with Crippen molar-refractivity contribution >= 4 is 5.69 Å². The molecular weight excluding hydrogens is 260 g/mol. The summed E-state index contributed by atoms with van der Waals surface area (Å²) < 4.78 is 51.2. The molecule has 0 bridgehead atoms. The highest BCUT2D eigenvalue weighted by Crippen LogP contribution is 2.33. The van der Waals surface area contributed by atoms with Gasteiger partial charge in [-0.15, -0.1) is 0 Å². The molecule has 1 unspecified atom stereocenters. The first-order valence-corrected chi connectivity index (χ1v) is 6.23. The molecule has 1 atom stereocenters. The molecule has 1 heterocycles. The monoisotopic (exact) mass is 276 g/mol. The van der Waals surface area contributed by atoms with E-state index >= 15 is 0 Å². The molecule has 106 valence electrons. The van der Waals surface area contributed by atoms with Crippen LogP contribution in [0.2, 0.25) is 0 Å². The summed E-state index contributed by atoms with van der Waals surface area (Å²) in [5.74, 6) is -0.553. The molecule has 2 N–H and O–H groups in total. The summed E-state index contributed by atoms with van der Waals surface area (Å²) in [5.41, 5.74) is 4.86. The van der Waals surface area contributed by atoms with Crippen molar-refractivity contribution in [3.63, 3.8) is 0 Å². The lowest BCUT2D eigenvalue weighted by molar-refractivity contribution is -0.137. The van der Waals surface area contributed by atoms with Crippen LogP contribution >= 0.6 is 0 Å². The predicted octanol–water partition coefficient (Wildman–Crippen LogP) is 3.02. The van der Waals surface area contributed by atoms with Gasteiger partial charge < -0.3 is 10.6 Å². The molecule has 19 heavy (non-hydrogen) atoms. The molecule has 1 aromatic rings. The van der Waals surface area contributed by atoms with Crippen LogP contribution in [0.4, 0.5) is 23.2 Å². The van der Waals surface area contributed by atoms with E-state index in [1.54, 1.807) is 4.90 Å². The zero-order valence-corrected chi connectivity index (χ0v) is 10.4. The van der Waals surface area contributed by atoms with E-state index in [0.717, 1.165) is 18.9 Å². The molecule has 0 amide bonds. The van der Waals surface area contributed by atoms with Crippen molar-refractivity contribution < 1.29 is 17.6 Å². The van der Waals surface area contributed by atoms with Crippen LogP contribution in [-0.4, -0.2) is 19.6 Å². The summed E-state index contributed by atoms with van der Waals surface area (Å²) in [5, 5.41) is 0. The van der Waals surface area contributed by atoms with Gasteiger partial charge in [-0.25, -0.2) is 4.39 Å². The number of nitrogens with two attached hydrogens (primary N) is 1. The summed E-state index contributed by atoms with van der Waals surface area (Å²) in [6.45, 7) is 1.76. The molecule has 1 aliphatic rings. The Morgan fingerprint density at radius 2 is 2.05 bits per heavy atom. The van der Waals surface area contributed by atoms with E-state index in [4.69, 9.17) is 5.73 Å². The van der Waals surface area contributed by atoms with Gasteiger partial charge >= 0.3 is 6.18 Å². The summed E-state index contributed by atoms with van der Waals surface area (Å²) in [7, 11) is 0. The summed E-state index contributed by atoms with van der Waals surface area (Å²) in [6.07, 6.45) is -2.65. The second-order valence-electron chi connectivity index (χ2n) is 4.85. The molecule has 1 aromatic carbocycles. The molecule has 6 heteroatoms. The third-order valence-electron chi connectivity index (χ3n) is 3.47. The van der Waals surface area contributed by atoms with Gasteiger partial charge in [0.1, 0.15) is 5.82 Å². The second kappa shape index (κ2) is 5.36. The number of benzene rings is 1. The third kappa shape index (κ3) is 3.18. The predicted molar refractivity (Wildman–Crippen MR) is 65.4 cm³/mol. The number of nitrogens with zero attached hydrogens (tertiary/aromatic N) is 1. The van der Waals surface area contributed by atoms with Crippen molar-refractivity contribution in [3.8, 4) is 0 Å². The van der Waals surface area contributed by atoms with Crippen LogP contribution in [0.15, 0.2) is 18.2 Å². The molecule has 1 aliphatic heterocycles. The van der Waals surface area contributed by atoms with E-state index in [1.165, 1.54) is 6.07 Å². The van der Waals surface area contributed by atoms with Gasteiger partial charge in [0.15, 0.2) is 0 Å². The van der Waals surface area contributed by atoms with E-state index in [9.17, 15) is 17.6 Å². The van der Waals surface area contributed by atoms with Crippen LogP contribution in [-0.2, 0) is 6.18 Å². The van der Waals surface area contributed by atoms with Gasteiger partial charge in [0, 0.05) is 13.1 Å². The van der Waals surface area contributed by atoms with Gasteiger partial charge in [0.25, 0.3) is 0 Å². The van der Waals surface area contributed by atoms with E-state index in [1.807, 2.05) is 0 Å². The molecule has 0 spiro atoms.